The largest absolute Gasteiger partial charge is 0.367 e. The molecule has 106 valence electrons. The number of fused-ring (bicyclic) bond motifs is 2. The molecule has 1 N–H and O–H groups in total. The first-order valence-electron chi connectivity index (χ1n) is 6.55. The third-order valence-corrected chi connectivity index (χ3v) is 5.28. The zero-order valence-corrected chi connectivity index (χ0v) is 11.8. The highest BCUT2D eigenvalue weighted by Gasteiger charge is 2.52. The van der Waals surface area contributed by atoms with Crippen LogP contribution in [0.15, 0.2) is 64.6 Å². The van der Waals surface area contributed by atoms with Gasteiger partial charge in [-0.15, -0.1) is 0 Å². The number of hydrogen-bond donors (Lipinski definition) is 1. The molecule has 2 aliphatic heterocycles. The standard InChI is InChI=1S/C15H12N2O3S/c18-21(19)14-9-5-4-8-12(14)15(17-21)10-13(16-20-15)11-6-2-1-3-7-11/h1-9,17H,10H2. The van der Waals surface area contributed by atoms with Crippen LogP contribution in [-0.2, 0) is 20.6 Å². The van der Waals surface area contributed by atoms with Gasteiger partial charge in [-0.1, -0.05) is 53.7 Å². The maximum Gasteiger partial charge on any atom is 0.244 e. The van der Waals surface area contributed by atoms with E-state index >= 15 is 0 Å². The fourth-order valence-corrected chi connectivity index (χ4v) is 4.32. The van der Waals surface area contributed by atoms with E-state index in [9.17, 15) is 8.42 Å². The number of oxime groups is 1. The molecule has 1 atom stereocenters. The van der Waals surface area contributed by atoms with Crippen molar-refractivity contribution in [2.24, 2.45) is 5.16 Å². The lowest BCUT2D eigenvalue weighted by molar-refractivity contribution is -0.0301. The molecule has 1 unspecified atom stereocenters. The summed E-state index contributed by atoms with van der Waals surface area (Å²) in [7, 11) is -3.55. The molecule has 4 rings (SSSR count). The molecule has 0 bridgehead atoms. The molecule has 0 fully saturated rings. The van der Waals surface area contributed by atoms with Crippen LogP contribution in [0, 0.1) is 0 Å². The Kier molecular flexibility index (Phi) is 2.49. The van der Waals surface area contributed by atoms with Crippen molar-refractivity contribution in [1.29, 1.82) is 0 Å². The minimum atomic E-state index is -3.55. The van der Waals surface area contributed by atoms with Crippen molar-refractivity contribution >= 4 is 15.7 Å². The van der Waals surface area contributed by atoms with Crippen molar-refractivity contribution < 1.29 is 13.3 Å². The van der Waals surface area contributed by atoms with E-state index in [1.165, 1.54) is 0 Å². The van der Waals surface area contributed by atoms with Gasteiger partial charge in [0.05, 0.1) is 17.0 Å². The van der Waals surface area contributed by atoms with Gasteiger partial charge in [0, 0.05) is 5.56 Å². The summed E-state index contributed by atoms with van der Waals surface area (Å²) in [5.41, 5.74) is 1.16. The lowest BCUT2D eigenvalue weighted by Gasteiger charge is -2.20. The minimum Gasteiger partial charge on any atom is -0.367 e. The van der Waals surface area contributed by atoms with Gasteiger partial charge in [-0.25, -0.2) is 8.42 Å². The number of benzene rings is 2. The number of nitrogens with zero attached hydrogens (tertiary/aromatic N) is 1. The fraction of sp³-hybridized carbons (Fsp3) is 0.133. The second-order valence-corrected chi connectivity index (χ2v) is 6.75. The topological polar surface area (TPSA) is 67.8 Å². The number of rotatable bonds is 1. The fourth-order valence-electron chi connectivity index (χ4n) is 2.78. The first kappa shape index (κ1) is 12.6. The third kappa shape index (κ3) is 1.80. The smallest absolute Gasteiger partial charge is 0.244 e. The SMILES string of the molecule is O=S1(=O)NC2(CC(c3ccccc3)=NO2)c2ccccc21. The maximum atomic E-state index is 12.2. The van der Waals surface area contributed by atoms with Gasteiger partial charge in [0.1, 0.15) is 0 Å². The molecular formula is C15H12N2O3S. The monoisotopic (exact) mass is 300 g/mol. The van der Waals surface area contributed by atoms with Crippen LogP contribution in [-0.4, -0.2) is 14.1 Å². The van der Waals surface area contributed by atoms with Crippen molar-refractivity contribution in [3.63, 3.8) is 0 Å². The summed E-state index contributed by atoms with van der Waals surface area (Å²) in [6.07, 6.45) is 0.368. The Bertz CT molecular complexity index is 846. The van der Waals surface area contributed by atoms with Crippen molar-refractivity contribution in [2.75, 3.05) is 0 Å². The molecule has 0 aliphatic carbocycles. The first-order chi connectivity index (χ1) is 10.1. The van der Waals surface area contributed by atoms with Gasteiger partial charge >= 0.3 is 0 Å². The molecule has 0 amide bonds. The zero-order valence-electron chi connectivity index (χ0n) is 11.0. The molecular weight excluding hydrogens is 288 g/mol. The molecule has 2 aromatic carbocycles. The lowest BCUT2D eigenvalue weighted by Crippen LogP contribution is -2.39. The van der Waals surface area contributed by atoms with Crippen LogP contribution >= 0.6 is 0 Å². The second-order valence-electron chi connectivity index (χ2n) is 5.10. The van der Waals surface area contributed by atoms with Crippen molar-refractivity contribution in [3.05, 3.63) is 65.7 Å². The van der Waals surface area contributed by atoms with Crippen LogP contribution in [0.1, 0.15) is 17.5 Å². The van der Waals surface area contributed by atoms with Gasteiger partial charge in [0.25, 0.3) is 0 Å². The summed E-state index contributed by atoms with van der Waals surface area (Å²) in [5, 5.41) is 4.10. The van der Waals surface area contributed by atoms with Crippen LogP contribution in [0.5, 0.6) is 0 Å². The maximum absolute atomic E-state index is 12.2. The van der Waals surface area contributed by atoms with Gasteiger partial charge in [-0.3, -0.25) is 0 Å². The Morgan fingerprint density at radius 1 is 1.05 bits per heavy atom. The van der Waals surface area contributed by atoms with Gasteiger partial charge in [-0.2, -0.15) is 4.72 Å². The minimum absolute atomic E-state index is 0.259. The van der Waals surface area contributed by atoms with Crippen LogP contribution in [0.3, 0.4) is 0 Å². The molecule has 0 saturated heterocycles. The van der Waals surface area contributed by atoms with Crippen LogP contribution in [0.25, 0.3) is 0 Å². The number of sulfonamides is 1. The quantitative estimate of drug-likeness (QED) is 0.875. The van der Waals surface area contributed by atoms with Crippen LogP contribution < -0.4 is 4.72 Å². The molecule has 5 nitrogen and oxygen atoms in total. The number of nitrogens with one attached hydrogen (secondary N) is 1. The average Bonchev–Trinajstić information content (AvgIpc) is 3.01. The summed E-state index contributed by atoms with van der Waals surface area (Å²) in [6.45, 7) is 0. The summed E-state index contributed by atoms with van der Waals surface area (Å²) < 4.78 is 27.0. The van der Waals surface area contributed by atoms with E-state index in [2.05, 4.69) is 9.88 Å². The molecule has 0 radical (unpaired) electrons. The van der Waals surface area contributed by atoms with Gasteiger partial charge in [-0.05, 0) is 11.6 Å². The highest BCUT2D eigenvalue weighted by atomic mass is 32.2. The highest BCUT2D eigenvalue weighted by Crippen LogP contribution is 2.42. The molecule has 2 heterocycles. The van der Waals surface area contributed by atoms with Gasteiger partial charge in [0.15, 0.2) is 0 Å². The molecule has 0 saturated carbocycles. The van der Waals surface area contributed by atoms with Crippen LogP contribution in [0.2, 0.25) is 0 Å². The van der Waals surface area contributed by atoms with E-state index < -0.39 is 15.7 Å². The first-order valence-corrected chi connectivity index (χ1v) is 8.03. The Hall–Kier alpha value is -2.18. The van der Waals surface area contributed by atoms with Gasteiger partial charge in [0.2, 0.25) is 15.7 Å². The predicted molar refractivity (Wildman–Crippen MR) is 77.1 cm³/mol. The third-order valence-electron chi connectivity index (χ3n) is 3.75. The highest BCUT2D eigenvalue weighted by molar-refractivity contribution is 7.89. The average molecular weight is 300 g/mol. The summed E-state index contributed by atoms with van der Waals surface area (Å²) in [4.78, 5) is 5.79. The zero-order chi connectivity index (χ0) is 14.5. The molecule has 2 aliphatic rings. The van der Waals surface area contributed by atoms with E-state index in [0.29, 0.717) is 12.0 Å². The Morgan fingerprint density at radius 2 is 1.76 bits per heavy atom. The molecule has 0 aromatic heterocycles. The van der Waals surface area contributed by atoms with E-state index in [1.807, 2.05) is 30.3 Å². The lowest BCUT2D eigenvalue weighted by atomic mass is 9.95. The summed E-state index contributed by atoms with van der Waals surface area (Å²) in [6, 6.07) is 16.4. The predicted octanol–water partition coefficient (Wildman–Crippen LogP) is 1.96. The van der Waals surface area contributed by atoms with E-state index in [4.69, 9.17) is 4.84 Å². The van der Waals surface area contributed by atoms with E-state index in [-0.39, 0.29) is 4.90 Å². The normalized spacial score (nSPS) is 25.4. The van der Waals surface area contributed by atoms with Crippen LogP contribution in [0.4, 0.5) is 0 Å². The molecule has 2 aromatic rings. The van der Waals surface area contributed by atoms with E-state index in [0.717, 1.165) is 11.3 Å². The van der Waals surface area contributed by atoms with Gasteiger partial charge < -0.3 is 4.84 Å². The molecule has 21 heavy (non-hydrogen) atoms. The van der Waals surface area contributed by atoms with Crippen molar-refractivity contribution in [2.45, 2.75) is 17.0 Å². The molecule has 1 spiro atoms. The number of hydrogen-bond acceptors (Lipinski definition) is 4. The Labute approximate surface area is 122 Å². The van der Waals surface area contributed by atoms with E-state index in [1.54, 1.807) is 24.3 Å². The van der Waals surface area contributed by atoms with Crippen molar-refractivity contribution in [1.82, 2.24) is 4.72 Å². The van der Waals surface area contributed by atoms with Crippen molar-refractivity contribution in [3.8, 4) is 0 Å². The Balaban J connectivity index is 1.77. The second kappa shape index (κ2) is 4.16. The summed E-state index contributed by atoms with van der Waals surface area (Å²) >= 11 is 0. The summed E-state index contributed by atoms with van der Waals surface area (Å²) in [5.74, 6) is 0. The molecule has 6 heteroatoms. The Morgan fingerprint density at radius 3 is 2.57 bits per heavy atom.